The van der Waals surface area contributed by atoms with Crippen molar-refractivity contribution in [2.24, 2.45) is 0 Å². The van der Waals surface area contributed by atoms with Gasteiger partial charge in [-0.1, -0.05) is 33.1 Å². The SMILES string of the molecule is CCCCOC(=O)C(CCCC)P=O. The lowest BCUT2D eigenvalue weighted by atomic mass is 10.2. The first-order valence-electron chi connectivity index (χ1n) is 5.25. The van der Waals surface area contributed by atoms with E-state index < -0.39 is 5.66 Å². The molecule has 0 heterocycles. The van der Waals surface area contributed by atoms with E-state index in [4.69, 9.17) is 4.74 Å². The summed E-state index contributed by atoms with van der Waals surface area (Å²) in [6, 6.07) is 0. The van der Waals surface area contributed by atoms with E-state index in [0.717, 1.165) is 25.7 Å². The van der Waals surface area contributed by atoms with Crippen LogP contribution in [0.4, 0.5) is 0 Å². The molecular weight excluding hydrogens is 199 g/mol. The van der Waals surface area contributed by atoms with E-state index in [1.165, 1.54) is 0 Å². The average molecular weight is 218 g/mol. The van der Waals surface area contributed by atoms with E-state index in [1.54, 1.807) is 0 Å². The van der Waals surface area contributed by atoms with Crippen molar-refractivity contribution in [3.63, 3.8) is 0 Å². The molecule has 0 aromatic heterocycles. The molecule has 82 valence electrons. The average Bonchev–Trinajstić information content (AvgIpc) is 2.19. The summed E-state index contributed by atoms with van der Waals surface area (Å²) in [6.07, 6.45) is 4.47. The Hall–Kier alpha value is -0.430. The number of esters is 1. The molecule has 0 amide bonds. The first-order chi connectivity index (χ1) is 6.76. The zero-order chi connectivity index (χ0) is 10.8. The molecule has 0 aliphatic carbocycles. The van der Waals surface area contributed by atoms with Crippen LogP contribution in [0.1, 0.15) is 46.0 Å². The van der Waals surface area contributed by atoms with Gasteiger partial charge in [-0.3, -0.25) is 9.36 Å². The number of ether oxygens (including phenoxy) is 1. The minimum atomic E-state index is -0.452. The molecule has 0 aliphatic heterocycles. The van der Waals surface area contributed by atoms with Crippen molar-refractivity contribution in [1.82, 2.24) is 0 Å². The van der Waals surface area contributed by atoms with Gasteiger partial charge in [0.2, 0.25) is 0 Å². The van der Waals surface area contributed by atoms with Crippen LogP contribution >= 0.6 is 8.46 Å². The quantitative estimate of drug-likeness (QED) is 0.357. The normalized spacial score (nSPS) is 12.7. The summed E-state index contributed by atoms with van der Waals surface area (Å²) in [5.41, 5.74) is -0.452. The highest BCUT2D eigenvalue weighted by Gasteiger charge is 2.19. The number of carbonyl (C=O) groups excluding carboxylic acids is 1. The van der Waals surface area contributed by atoms with Crippen molar-refractivity contribution in [3.05, 3.63) is 0 Å². The second-order valence-electron chi connectivity index (χ2n) is 3.28. The third-order valence-electron chi connectivity index (χ3n) is 1.97. The molecule has 0 aromatic rings. The molecule has 0 saturated carbocycles. The summed E-state index contributed by atoms with van der Waals surface area (Å²) < 4.78 is 15.7. The third kappa shape index (κ3) is 6.09. The van der Waals surface area contributed by atoms with Crippen molar-refractivity contribution in [2.45, 2.75) is 51.6 Å². The van der Waals surface area contributed by atoms with Crippen molar-refractivity contribution in [3.8, 4) is 0 Å². The fourth-order valence-corrected chi connectivity index (χ4v) is 1.47. The van der Waals surface area contributed by atoms with Crippen molar-refractivity contribution < 1.29 is 14.1 Å². The summed E-state index contributed by atoms with van der Waals surface area (Å²) in [5, 5.41) is 0. The summed E-state index contributed by atoms with van der Waals surface area (Å²) in [7, 11) is -0.111. The van der Waals surface area contributed by atoms with Gasteiger partial charge < -0.3 is 4.74 Å². The first-order valence-corrected chi connectivity index (χ1v) is 6.13. The molecule has 14 heavy (non-hydrogen) atoms. The van der Waals surface area contributed by atoms with Crippen LogP contribution in [0, 0.1) is 0 Å². The monoisotopic (exact) mass is 218 g/mol. The summed E-state index contributed by atoms with van der Waals surface area (Å²) >= 11 is 0. The predicted molar refractivity (Wildman–Crippen MR) is 56.8 cm³/mol. The first kappa shape index (κ1) is 13.6. The number of unbranched alkanes of at least 4 members (excludes halogenated alkanes) is 2. The van der Waals surface area contributed by atoms with Crippen LogP contribution in [0.3, 0.4) is 0 Å². The summed E-state index contributed by atoms with van der Waals surface area (Å²) in [4.78, 5) is 11.3. The molecule has 1 unspecified atom stereocenters. The van der Waals surface area contributed by atoms with Crippen LogP contribution in [-0.2, 0) is 14.1 Å². The van der Waals surface area contributed by atoms with E-state index in [0.29, 0.717) is 13.0 Å². The Balaban J connectivity index is 3.73. The maximum atomic E-state index is 11.3. The van der Waals surface area contributed by atoms with Gasteiger partial charge in [0.05, 0.1) is 6.61 Å². The lowest BCUT2D eigenvalue weighted by molar-refractivity contribution is -0.143. The molecule has 1 atom stereocenters. The molecule has 0 fully saturated rings. The van der Waals surface area contributed by atoms with Crippen LogP contribution in [0.2, 0.25) is 0 Å². The molecule has 0 N–H and O–H groups in total. The molecule has 3 nitrogen and oxygen atoms in total. The maximum absolute atomic E-state index is 11.3. The molecule has 0 radical (unpaired) electrons. The lowest BCUT2D eigenvalue weighted by Crippen LogP contribution is -2.18. The second-order valence-corrected chi connectivity index (χ2v) is 4.12. The minimum absolute atomic E-state index is 0.111. The largest absolute Gasteiger partial charge is 0.465 e. The summed E-state index contributed by atoms with van der Waals surface area (Å²) in [5.74, 6) is -0.316. The fraction of sp³-hybridized carbons (Fsp3) is 0.900. The Kier molecular flexibility index (Phi) is 8.86. The standard InChI is InChI=1S/C10H19O3P/c1-3-5-7-9(14-12)10(11)13-8-6-4-2/h9H,3-8H2,1-2H3. The van der Waals surface area contributed by atoms with Crippen LogP contribution in [0.5, 0.6) is 0 Å². The highest BCUT2D eigenvalue weighted by atomic mass is 31.1. The van der Waals surface area contributed by atoms with Gasteiger partial charge in [-0.25, -0.2) is 0 Å². The Morgan fingerprint density at radius 2 is 1.93 bits per heavy atom. The van der Waals surface area contributed by atoms with Gasteiger partial charge in [0.1, 0.15) is 5.66 Å². The molecule has 4 heteroatoms. The molecule has 0 spiro atoms. The molecule has 0 saturated heterocycles. The van der Waals surface area contributed by atoms with Gasteiger partial charge in [0.25, 0.3) is 0 Å². The topological polar surface area (TPSA) is 43.4 Å². The molecule has 0 aromatic carbocycles. The van der Waals surface area contributed by atoms with Gasteiger partial charge in [0, 0.05) is 0 Å². The van der Waals surface area contributed by atoms with Crippen molar-refractivity contribution in [2.75, 3.05) is 6.61 Å². The van der Waals surface area contributed by atoms with E-state index in [-0.39, 0.29) is 14.4 Å². The van der Waals surface area contributed by atoms with Crippen molar-refractivity contribution >= 4 is 14.4 Å². The molecule has 0 rings (SSSR count). The van der Waals surface area contributed by atoms with Gasteiger partial charge in [-0.2, -0.15) is 0 Å². The molecule has 0 bridgehead atoms. The van der Waals surface area contributed by atoms with Crippen LogP contribution in [0.25, 0.3) is 0 Å². The Morgan fingerprint density at radius 3 is 2.43 bits per heavy atom. The maximum Gasteiger partial charge on any atom is 0.320 e. The lowest BCUT2D eigenvalue weighted by Gasteiger charge is -2.08. The van der Waals surface area contributed by atoms with Crippen LogP contribution in [0.15, 0.2) is 0 Å². The minimum Gasteiger partial charge on any atom is -0.465 e. The highest BCUT2D eigenvalue weighted by molar-refractivity contribution is 7.26. The fourth-order valence-electron chi connectivity index (χ4n) is 1.02. The highest BCUT2D eigenvalue weighted by Crippen LogP contribution is 2.16. The second kappa shape index (κ2) is 9.14. The number of carbonyl (C=O) groups is 1. The van der Waals surface area contributed by atoms with Crippen molar-refractivity contribution in [1.29, 1.82) is 0 Å². The Labute approximate surface area is 87.4 Å². The van der Waals surface area contributed by atoms with E-state index in [2.05, 4.69) is 0 Å². The van der Waals surface area contributed by atoms with E-state index in [9.17, 15) is 9.36 Å². The van der Waals surface area contributed by atoms with Gasteiger partial charge in [-0.15, -0.1) is 0 Å². The zero-order valence-electron chi connectivity index (χ0n) is 8.99. The number of hydrogen-bond acceptors (Lipinski definition) is 3. The van der Waals surface area contributed by atoms with Crippen LogP contribution < -0.4 is 0 Å². The number of hydrogen-bond donors (Lipinski definition) is 0. The molecule has 0 aliphatic rings. The smallest absolute Gasteiger partial charge is 0.320 e. The van der Waals surface area contributed by atoms with E-state index in [1.807, 2.05) is 13.8 Å². The third-order valence-corrected chi connectivity index (χ3v) is 2.70. The van der Waals surface area contributed by atoms with Gasteiger partial charge in [0.15, 0.2) is 8.46 Å². The summed E-state index contributed by atoms with van der Waals surface area (Å²) in [6.45, 7) is 4.53. The van der Waals surface area contributed by atoms with Gasteiger partial charge in [-0.05, 0) is 12.8 Å². The van der Waals surface area contributed by atoms with Gasteiger partial charge >= 0.3 is 5.97 Å². The van der Waals surface area contributed by atoms with Crippen LogP contribution in [-0.4, -0.2) is 18.2 Å². The van der Waals surface area contributed by atoms with E-state index >= 15 is 0 Å². The molecular formula is C10H19O3P. The Bertz CT molecular complexity index is 171. The Morgan fingerprint density at radius 1 is 1.29 bits per heavy atom. The zero-order valence-corrected chi connectivity index (χ0v) is 9.89. The number of rotatable bonds is 8. The predicted octanol–water partition coefficient (Wildman–Crippen LogP) is 3.18.